The SMILES string of the molecule is O=c1cc(N2CCC(n3nc4ccccc4n3)CC2)c2ccccc2o1. The summed E-state index contributed by atoms with van der Waals surface area (Å²) >= 11 is 0. The summed E-state index contributed by atoms with van der Waals surface area (Å²) in [4.78, 5) is 16.0. The van der Waals surface area contributed by atoms with Crippen molar-refractivity contribution in [3.8, 4) is 0 Å². The van der Waals surface area contributed by atoms with Crippen molar-refractivity contribution in [1.29, 1.82) is 0 Å². The Labute approximate surface area is 149 Å². The molecule has 1 aliphatic rings. The van der Waals surface area contributed by atoms with Crippen molar-refractivity contribution < 1.29 is 4.42 Å². The third-order valence-electron chi connectivity index (χ3n) is 5.06. The average Bonchev–Trinajstić information content (AvgIpc) is 3.12. The highest BCUT2D eigenvalue weighted by molar-refractivity contribution is 5.90. The van der Waals surface area contributed by atoms with Gasteiger partial charge in [-0.3, -0.25) is 0 Å². The summed E-state index contributed by atoms with van der Waals surface area (Å²) in [6.45, 7) is 1.71. The number of fused-ring (bicyclic) bond motifs is 2. The van der Waals surface area contributed by atoms with E-state index in [-0.39, 0.29) is 11.7 Å². The molecule has 5 rings (SSSR count). The van der Waals surface area contributed by atoms with Gasteiger partial charge in [0.2, 0.25) is 0 Å². The number of piperidine rings is 1. The Balaban J connectivity index is 1.41. The van der Waals surface area contributed by atoms with Crippen LogP contribution in [-0.4, -0.2) is 28.1 Å². The van der Waals surface area contributed by atoms with Gasteiger partial charge in [0.05, 0.1) is 11.7 Å². The Hall–Kier alpha value is -3.15. The van der Waals surface area contributed by atoms with Crippen LogP contribution in [0.2, 0.25) is 0 Å². The van der Waals surface area contributed by atoms with Crippen LogP contribution in [0, 0.1) is 0 Å². The lowest BCUT2D eigenvalue weighted by atomic mass is 10.0. The Bertz CT molecular complexity index is 1110. The second-order valence-corrected chi connectivity index (χ2v) is 6.67. The highest BCUT2D eigenvalue weighted by atomic mass is 16.4. The molecule has 0 aliphatic carbocycles. The first-order valence-corrected chi connectivity index (χ1v) is 8.87. The molecule has 1 saturated heterocycles. The van der Waals surface area contributed by atoms with Crippen molar-refractivity contribution in [1.82, 2.24) is 15.0 Å². The fourth-order valence-corrected chi connectivity index (χ4v) is 3.73. The van der Waals surface area contributed by atoms with Crippen LogP contribution in [0.25, 0.3) is 22.0 Å². The topological polar surface area (TPSA) is 64.2 Å². The largest absolute Gasteiger partial charge is 0.423 e. The van der Waals surface area contributed by atoms with E-state index in [1.54, 1.807) is 6.07 Å². The van der Waals surface area contributed by atoms with Crippen molar-refractivity contribution >= 4 is 27.7 Å². The molecule has 26 heavy (non-hydrogen) atoms. The van der Waals surface area contributed by atoms with Crippen LogP contribution in [0.4, 0.5) is 5.69 Å². The van der Waals surface area contributed by atoms with Crippen molar-refractivity contribution in [3.05, 3.63) is 65.0 Å². The molecule has 2 aromatic carbocycles. The fourth-order valence-electron chi connectivity index (χ4n) is 3.73. The smallest absolute Gasteiger partial charge is 0.338 e. The number of para-hydroxylation sites is 1. The summed E-state index contributed by atoms with van der Waals surface area (Å²) in [6.07, 6.45) is 1.88. The minimum Gasteiger partial charge on any atom is -0.423 e. The van der Waals surface area contributed by atoms with Gasteiger partial charge in [-0.2, -0.15) is 15.0 Å². The van der Waals surface area contributed by atoms with Crippen LogP contribution >= 0.6 is 0 Å². The number of aromatic nitrogens is 3. The predicted molar refractivity (Wildman–Crippen MR) is 100 cm³/mol. The predicted octanol–water partition coefficient (Wildman–Crippen LogP) is 3.38. The molecule has 0 saturated carbocycles. The second-order valence-electron chi connectivity index (χ2n) is 6.67. The number of anilines is 1. The Morgan fingerprint density at radius 2 is 1.58 bits per heavy atom. The van der Waals surface area contributed by atoms with E-state index in [4.69, 9.17) is 4.42 Å². The molecule has 0 bridgehead atoms. The van der Waals surface area contributed by atoms with Gasteiger partial charge in [-0.15, -0.1) is 0 Å². The van der Waals surface area contributed by atoms with Crippen molar-refractivity contribution in [2.75, 3.05) is 18.0 Å². The molecule has 3 heterocycles. The van der Waals surface area contributed by atoms with Crippen molar-refractivity contribution in [2.24, 2.45) is 0 Å². The Morgan fingerprint density at radius 1 is 0.923 bits per heavy atom. The fraction of sp³-hybridized carbons (Fsp3) is 0.250. The summed E-state index contributed by atoms with van der Waals surface area (Å²) in [6, 6.07) is 17.5. The maximum absolute atomic E-state index is 11.9. The molecule has 0 spiro atoms. The highest BCUT2D eigenvalue weighted by Crippen LogP contribution is 2.30. The minimum atomic E-state index is -0.305. The third-order valence-corrected chi connectivity index (χ3v) is 5.06. The number of rotatable bonds is 2. The van der Waals surface area contributed by atoms with E-state index in [0.717, 1.165) is 48.0 Å². The van der Waals surface area contributed by atoms with Gasteiger partial charge in [0, 0.05) is 24.5 Å². The van der Waals surface area contributed by atoms with Gasteiger partial charge in [0.25, 0.3) is 0 Å². The normalized spacial score (nSPS) is 15.8. The van der Waals surface area contributed by atoms with E-state index in [1.807, 2.05) is 53.3 Å². The van der Waals surface area contributed by atoms with E-state index in [0.29, 0.717) is 5.58 Å². The molecular weight excluding hydrogens is 328 g/mol. The summed E-state index contributed by atoms with van der Waals surface area (Å²) in [7, 11) is 0. The molecule has 0 amide bonds. The molecule has 1 aliphatic heterocycles. The van der Waals surface area contributed by atoms with Gasteiger partial charge >= 0.3 is 5.63 Å². The molecule has 1 fully saturated rings. The maximum atomic E-state index is 11.9. The standard InChI is InChI=1S/C20H18N4O2/c25-20-13-18(15-5-1-4-8-19(15)26-20)23-11-9-14(10-12-23)24-21-16-6-2-3-7-17(16)22-24/h1-8,13-14H,9-12H2. The van der Waals surface area contributed by atoms with Crippen molar-refractivity contribution in [2.45, 2.75) is 18.9 Å². The third kappa shape index (κ3) is 2.54. The van der Waals surface area contributed by atoms with E-state index >= 15 is 0 Å². The van der Waals surface area contributed by atoms with Gasteiger partial charge < -0.3 is 9.32 Å². The van der Waals surface area contributed by atoms with Gasteiger partial charge in [0.1, 0.15) is 16.6 Å². The molecular formula is C20H18N4O2. The maximum Gasteiger partial charge on any atom is 0.338 e. The summed E-state index contributed by atoms with van der Waals surface area (Å²) in [5.41, 5.74) is 3.15. The van der Waals surface area contributed by atoms with E-state index in [9.17, 15) is 4.79 Å². The molecule has 4 aromatic rings. The van der Waals surface area contributed by atoms with E-state index in [2.05, 4.69) is 15.1 Å². The monoisotopic (exact) mass is 346 g/mol. The second kappa shape index (κ2) is 5.98. The summed E-state index contributed by atoms with van der Waals surface area (Å²) in [5.74, 6) is 0. The van der Waals surface area contributed by atoms with Crippen molar-refractivity contribution in [3.63, 3.8) is 0 Å². The number of hydrogen-bond donors (Lipinski definition) is 0. The van der Waals surface area contributed by atoms with Gasteiger partial charge in [0.15, 0.2) is 0 Å². The summed E-state index contributed by atoms with van der Waals surface area (Å²) in [5, 5.41) is 10.2. The average molecular weight is 346 g/mol. The first kappa shape index (κ1) is 15.1. The Morgan fingerprint density at radius 3 is 2.31 bits per heavy atom. The van der Waals surface area contributed by atoms with Crippen LogP contribution in [0.15, 0.2) is 63.8 Å². The van der Waals surface area contributed by atoms with Gasteiger partial charge in [-0.1, -0.05) is 24.3 Å². The Kier molecular flexibility index (Phi) is 3.48. The molecule has 0 radical (unpaired) electrons. The first-order valence-electron chi connectivity index (χ1n) is 8.87. The lowest BCUT2D eigenvalue weighted by molar-refractivity contribution is 0.336. The van der Waals surface area contributed by atoms with E-state index in [1.165, 1.54) is 0 Å². The van der Waals surface area contributed by atoms with E-state index < -0.39 is 0 Å². The lowest BCUT2D eigenvalue weighted by Gasteiger charge is -2.33. The van der Waals surface area contributed by atoms with Crippen LogP contribution < -0.4 is 10.5 Å². The number of hydrogen-bond acceptors (Lipinski definition) is 5. The zero-order valence-corrected chi connectivity index (χ0v) is 14.2. The van der Waals surface area contributed by atoms with Crippen LogP contribution in [-0.2, 0) is 0 Å². The highest BCUT2D eigenvalue weighted by Gasteiger charge is 2.24. The zero-order valence-electron chi connectivity index (χ0n) is 14.2. The molecule has 0 atom stereocenters. The summed E-state index contributed by atoms with van der Waals surface area (Å²) < 4.78 is 5.31. The number of benzene rings is 2. The molecule has 0 unspecified atom stereocenters. The van der Waals surface area contributed by atoms with Gasteiger partial charge in [-0.25, -0.2) is 4.79 Å². The van der Waals surface area contributed by atoms with Crippen LogP contribution in [0.3, 0.4) is 0 Å². The van der Waals surface area contributed by atoms with Gasteiger partial charge in [-0.05, 0) is 37.1 Å². The van der Waals surface area contributed by atoms with Crippen LogP contribution in [0.1, 0.15) is 18.9 Å². The molecule has 130 valence electrons. The first-order chi connectivity index (χ1) is 12.8. The molecule has 0 N–H and O–H groups in total. The van der Waals surface area contributed by atoms with Crippen LogP contribution in [0.5, 0.6) is 0 Å². The molecule has 6 nitrogen and oxygen atoms in total. The quantitative estimate of drug-likeness (QED) is 0.521. The molecule has 2 aromatic heterocycles. The minimum absolute atomic E-state index is 0.282. The molecule has 6 heteroatoms. The zero-order chi connectivity index (χ0) is 17.5. The lowest BCUT2D eigenvalue weighted by Crippen LogP contribution is -2.35. The number of nitrogens with zero attached hydrogens (tertiary/aromatic N) is 4.